The highest BCUT2D eigenvalue weighted by atomic mass is 15.1. The largest absolute Gasteiger partial charge is 0.310 e. The molecule has 2 atom stereocenters. The summed E-state index contributed by atoms with van der Waals surface area (Å²) in [6.07, 6.45) is 5.49. The van der Waals surface area contributed by atoms with Crippen molar-refractivity contribution < 1.29 is 8.56 Å². The van der Waals surface area contributed by atoms with Crippen LogP contribution in [0.4, 0.5) is 34.1 Å². The maximum atomic E-state index is 5.49. The van der Waals surface area contributed by atoms with Crippen LogP contribution in [-0.2, 0) is 21.7 Å². The summed E-state index contributed by atoms with van der Waals surface area (Å²) in [5.74, 6) is 20.5. The van der Waals surface area contributed by atoms with Crippen molar-refractivity contribution in [1.29, 1.82) is 0 Å². The molecule has 438 valence electrons. The lowest BCUT2D eigenvalue weighted by Crippen LogP contribution is -2.42. The van der Waals surface area contributed by atoms with Crippen molar-refractivity contribution in [3.8, 4) is 81.2 Å². The molecule has 0 aliphatic heterocycles. The molecule has 0 bridgehead atoms. The summed E-state index contributed by atoms with van der Waals surface area (Å²) in [5.41, 5.74) is 29.6. The van der Waals surface area contributed by atoms with Crippen molar-refractivity contribution in [3.63, 3.8) is 0 Å². The lowest BCUT2D eigenvalue weighted by Gasteiger charge is -2.44. The van der Waals surface area contributed by atoms with E-state index < -0.39 is 0 Å². The van der Waals surface area contributed by atoms with E-state index in [0.29, 0.717) is 0 Å². The smallest absolute Gasteiger partial charge is 0.0535 e. The van der Waals surface area contributed by atoms with Gasteiger partial charge in [-0.3, -0.25) is 0 Å². The zero-order valence-corrected chi connectivity index (χ0v) is 54.0. The highest BCUT2D eigenvalue weighted by molar-refractivity contribution is 5.88. The standard InChI is InChI=1S/C83H84N2.6H2/c1-21-22-23-24-25-26-27-69-58(8)72-48-61(84(59-30-38-67(56(6)46-59)65-36-28-52(2)44-54(65)4)63-34-42-74-76(50-63)80(13,14)82(17,18)78(74,9)10)32-40-70(72)71-41-33-62(49-73(69)71)85(60-31-39-68(57(7)47-60)66-37-29-53(3)45-55(66)5)64-35-43-75-77(51-64)81(15,16)83(19,20)79(75,11)12;;;;;;/h1,28-51,58,69H,2-20H3;6*1H. The molecule has 2 heteroatoms. The third kappa shape index (κ3) is 9.15. The summed E-state index contributed by atoms with van der Waals surface area (Å²) >= 11 is 0. The van der Waals surface area contributed by atoms with Gasteiger partial charge in [-0.05, 0) is 277 Å². The molecule has 0 spiro atoms. The molecule has 0 radical (unpaired) electrons. The summed E-state index contributed by atoms with van der Waals surface area (Å²) in [5, 5.41) is 0. The first-order valence-electron chi connectivity index (χ1n) is 30.6. The zero-order chi connectivity index (χ0) is 61.1. The van der Waals surface area contributed by atoms with Gasteiger partial charge < -0.3 is 9.80 Å². The summed E-state index contributed by atoms with van der Waals surface area (Å²) in [6.45, 7) is 44.8. The van der Waals surface area contributed by atoms with Crippen LogP contribution in [0, 0.1) is 100 Å². The first kappa shape index (κ1) is 58.4. The number of aryl methyl sites for hydroxylation is 6. The third-order valence-corrected chi connectivity index (χ3v) is 22.5. The number of nitrogens with zero attached hydrogens (tertiary/aromatic N) is 2. The monoisotopic (exact) mass is 1120 g/mol. The van der Waals surface area contributed by atoms with Gasteiger partial charge in [-0.2, -0.15) is 0 Å². The van der Waals surface area contributed by atoms with Gasteiger partial charge in [0, 0.05) is 42.7 Å². The minimum atomic E-state index is -0.207. The molecule has 2 unspecified atom stereocenters. The molecule has 3 aliphatic carbocycles. The Morgan fingerprint density at radius 2 is 0.659 bits per heavy atom. The van der Waals surface area contributed by atoms with Crippen LogP contribution in [0.2, 0.25) is 0 Å². The molecular formula is C83H96N2. The van der Waals surface area contributed by atoms with Crippen molar-refractivity contribution in [1.82, 2.24) is 0 Å². The van der Waals surface area contributed by atoms with E-state index in [9.17, 15) is 0 Å². The number of benzene rings is 8. The molecule has 3 aliphatic rings. The van der Waals surface area contributed by atoms with Gasteiger partial charge in [-0.1, -0.05) is 180 Å². The second-order valence-corrected chi connectivity index (χ2v) is 28.2. The number of rotatable bonds is 8. The number of hydrogen-bond donors (Lipinski definition) is 0. The number of terminal acetylenes is 1. The summed E-state index contributed by atoms with van der Waals surface area (Å²) < 4.78 is 0. The second kappa shape index (κ2) is 20.7. The van der Waals surface area contributed by atoms with E-state index >= 15 is 0 Å². The first-order valence-corrected chi connectivity index (χ1v) is 30.6. The van der Waals surface area contributed by atoms with Gasteiger partial charge in [0.2, 0.25) is 0 Å². The van der Waals surface area contributed by atoms with E-state index in [1.807, 2.05) is 0 Å². The Hall–Kier alpha value is -8.40. The van der Waals surface area contributed by atoms with E-state index in [2.05, 4.69) is 328 Å². The van der Waals surface area contributed by atoms with E-state index in [-0.39, 0.29) is 52.9 Å². The number of anilines is 6. The predicted octanol–water partition coefficient (Wildman–Crippen LogP) is 23.0. The molecular weight excluding hydrogens is 1020 g/mol. The second-order valence-electron chi connectivity index (χ2n) is 28.2. The Morgan fingerprint density at radius 3 is 1.07 bits per heavy atom. The predicted molar refractivity (Wildman–Crippen MR) is 376 cm³/mol. The molecule has 0 amide bonds. The quantitative estimate of drug-likeness (QED) is 0.140. The van der Waals surface area contributed by atoms with Crippen LogP contribution < -0.4 is 9.80 Å². The topological polar surface area (TPSA) is 6.48 Å². The van der Waals surface area contributed by atoms with Gasteiger partial charge in [0.05, 0.1) is 5.92 Å². The Bertz CT molecular complexity index is 4360. The molecule has 0 fully saturated rings. The van der Waals surface area contributed by atoms with Crippen molar-refractivity contribution in [2.75, 3.05) is 9.80 Å². The van der Waals surface area contributed by atoms with Gasteiger partial charge in [0.15, 0.2) is 0 Å². The fourth-order valence-corrected chi connectivity index (χ4v) is 15.1. The van der Waals surface area contributed by atoms with Gasteiger partial charge >= 0.3 is 0 Å². The molecule has 0 saturated heterocycles. The lowest BCUT2D eigenvalue weighted by atomic mass is 9.59. The van der Waals surface area contributed by atoms with Crippen LogP contribution in [0.3, 0.4) is 0 Å². The molecule has 0 saturated carbocycles. The first-order chi connectivity index (χ1) is 40.0. The Morgan fingerprint density at radius 1 is 0.341 bits per heavy atom. The van der Waals surface area contributed by atoms with E-state index in [4.69, 9.17) is 6.42 Å². The third-order valence-electron chi connectivity index (χ3n) is 22.5. The van der Waals surface area contributed by atoms with Crippen LogP contribution in [0.5, 0.6) is 0 Å². The van der Waals surface area contributed by atoms with Crippen molar-refractivity contribution >= 4 is 34.1 Å². The van der Waals surface area contributed by atoms with Gasteiger partial charge in [-0.25, -0.2) is 0 Å². The van der Waals surface area contributed by atoms with Crippen molar-refractivity contribution in [2.24, 2.45) is 10.8 Å². The SMILES string of the molecule is C#CC#CC#CC#CC1c2cc(N(c3ccc(-c4ccc(C)cc4C)c(C)c3)c3ccc4c(c3)C(C)(C)C(C)(C)C4(C)C)ccc2-c2ccc(N(c3ccc(-c4ccc(C)cc4C)c(C)c3)c3ccc4c(c3)C(C)(C)C(C)(C)C4(C)C)cc2C1C.[HH].[HH].[HH].[HH].[HH].[HH]. The van der Waals surface area contributed by atoms with Crippen LogP contribution in [-0.4, -0.2) is 0 Å². The van der Waals surface area contributed by atoms with Crippen LogP contribution in [0.1, 0.15) is 177 Å². The normalized spacial score (nSPS) is 18.1. The summed E-state index contributed by atoms with van der Waals surface area (Å²) in [7, 11) is 0. The fraction of sp³-hybridized carbons (Fsp3) is 0.325. The highest BCUT2D eigenvalue weighted by Crippen LogP contribution is 2.64. The maximum absolute atomic E-state index is 5.49. The maximum Gasteiger partial charge on any atom is 0.0535 e. The molecule has 8 aromatic carbocycles. The van der Waals surface area contributed by atoms with Gasteiger partial charge in [-0.15, -0.1) is 6.42 Å². The lowest BCUT2D eigenvalue weighted by molar-refractivity contribution is 0.125. The summed E-state index contributed by atoms with van der Waals surface area (Å²) in [6, 6.07) is 56.3. The Kier molecular flexibility index (Phi) is 14.2. The average Bonchev–Trinajstić information content (AvgIpc) is 1.56. The van der Waals surface area contributed by atoms with Crippen LogP contribution in [0.15, 0.2) is 146 Å². The highest BCUT2D eigenvalue weighted by Gasteiger charge is 2.58. The Balaban J connectivity index is 0.00000251. The molecule has 0 N–H and O–H groups in total. The van der Waals surface area contributed by atoms with E-state index in [0.717, 1.165) is 34.1 Å². The molecule has 0 heterocycles. The number of fused-ring (bicyclic) bond motifs is 5. The molecule has 11 rings (SSSR count). The van der Waals surface area contributed by atoms with Crippen molar-refractivity contribution in [3.05, 3.63) is 212 Å². The van der Waals surface area contributed by atoms with Crippen molar-refractivity contribution in [2.45, 2.75) is 165 Å². The minimum absolute atomic E-state index is 0. The van der Waals surface area contributed by atoms with Gasteiger partial charge in [0.25, 0.3) is 0 Å². The van der Waals surface area contributed by atoms with E-state index in [1.54, 1.807) is 0 Å². The fourth-order valence-electron chi connectivity index (χ4n) is 15.1. The van der Waals surface area contributed by atoms with Crippen LogP contribution in [0.25, 0.3) is 33.4 Å². The molecule has 2 nitrogen and oxygen atoms in total. The average molecular weight is 1120 g/mol. The minimum Gasteiger partial charge on any atom is -0.310 e. The molecule has 85 heavy (non-hydrogen) atoms. The molecule has 0 aromatic heterocycles. The Labute approximate surface area is 519 Å². The molecule has 8 aromatic rings. The number of hydrogen-bond acceptors (Lipinski definition) is 2. The van der Waals surface area contributed by atoms with Crippen LogP contribution >= 0.6 is 0 Å². The zero-order valence-electron chi connectivity index (χ0n) is 54.0. The summed E-state index contributed by atoms with van der Waals surface area (Å²) in [4.78, 5) is 4.96. The van der Waals surface area contributed by atoms with Gasteiger partial charge in [0.1, 0.15) is 0 Å². The van der Waals surface area contributed by atoms with E-state index in [1.165, 1.54) is 100 Å².